The van der Waals surface area contributed by atoms with E-state index in [1.807, 2.05) is 0 Å². The number of amides is 2. The molecule has 3 aliphatic rings. The van der Waals surface area contributed by atoms with Crippen LogP contribution < -0.4 is 11.1 Å². The smallest absolute Gasteiger partial charge is 0.276 e. The first-order valence-corrected chi connectivity index (χ1v) is 11.9. The van der Waals surface area contributed by atoms with Crippen molar-refractivity contribution in [1.29, 1.82) is 0 Å². The minimum atomic E-state index is -0.797. The second kappa shape index (κ2) is 9.18. The maximum Gasteiger partial charge on any atom is 0.276 e. The minimum absolute atomic E-state index is 0.0783. The number of hydrogen-bond donors (Lipinski definition) is 3. The van der Waals surface area contributed by atoms with E-state index in [1.165, 1.54) is 23.8 Å². The highest BCUT2D eigenvalue weighted by atomic mass is 32.2. The monoisotopic (exact) mass is 483 g/mol. The zero-order chi connectivity index (χ0) is 22.1. The number of nitrogens with two attached hydrogens (primary N) is 1. The Hall–Kier alpha value is -2.09. The predicted octanol–water partition coefficient (Wildman–Crippen LogP) is 0.613. The standard InChI is InChI=1S/C18H21N5O5S3/c1-27-22-11(10-7-31-18(19)20-10)14(24)21-12-15(25)23-13(17(26)29)9(6-30-16(12)23)4-8-2-3-28-5-8/h7-8,12,16H,2-6H2,1H3,(H2,19,20)(H,21,24)(H,26,29)/b22-11+/t8?,12?,16-/m1/s1. The Morgan fingerprint density at radius 1 is 1.52 bits per heavy atom. The number of nitrogens with one attached hydrogen (secondary N) is 1. The van der Waals surface area contributed by atoms with Gasteiger partial charge in [-0.15, -0.1) is 23.1 Å². The fraction of sp³-hybridized carbons (Fsp3) is 0.500. The molecule has 0 saturated carbocycles. The lowest BCUT2D eigenvalue weighted by molar-refractivity contribution is -0.146. The summed E-state index contributed by atoms with van der Waals surface area (Å²) in [5.74, 6) is -0.0548. The van der Waals surface area contributed by atoms with Crippen LogP contribution in [0, 0.1) is 5.92 Å². The van der Waals surface area contributed by atoms with E-state index in [1.54, 1.807) is 5.38 Å². The lowest BCUT2D eigenvalue weighted by Gasteiger charge is -2.50. The topological polar surface area (TPSA) is 136 Å². The zero-order valence-electron chi connectivity index (χ0n) is 16.6. The van der Waals surface area contributed by atoms with Crippen molar-refractivity contribution in [3.8, 4) is 0 Å². The molecule has 2 unspecified atom stereocenters. The summed E-state index contributed by atoms with van der Waals surface area (Å²) in [6.45, 7) is 1.37. The van der Waals surface area contributed by atoms with Crippen LogP contribution in [0.4, 0.5) is 5.13 Å². The molecule has 31 heavy (non-hydrogen) atoms. The van der Waals surface area contributed by atoms with Crippen LogP contribution in [0.2, 0.25) is 0 Å². The Balaban J connectivity index is 1.50. The predicted molar refractivity (Wildman–Crippen MR) is 120 cm³/mol. The minimum Gasteiger partial charge on any atom is -0.398 e. The number of anilines is 1. The number of fused-ring (bicyclic) bond motifs is 1. The summed E-state index contributed by atoms with van der Waals surface area (Å²) in [5, 5.41) is 7.44. The zero-order valence-corrected chi connectivity index (χ0v) is 19.1. The van der Waals surface area contributed by atoms with E-state index in [0.717, 1.165) is 23.3 Å². The third kappa shape index (κ3) is 4.31. The SMILES string of the molecule is CO/N=C(/C(=O)NC1C(=O)N2C(C(=O)S)=C(CC3CCOC3)CS[C@H]12)c1csc(N)n1. The number of nitrogens with zero attached hydrogens (tertiary/aromatic N) is 3. The summed E-state index contributed by atoms with van der Waals surface area (Å²) in [6.07, 6.45) is 1.62. The van der Waals surface area contributed by atoms with Gasteiger partial charge in [0.05, 0.1) is 5.70 Å². The van der Waals surface area contributed by atoms with Crippen molar-refractivity contribution < 1.29 is 24.0 Å². The average Bonchev–Trinajstić information content (AvgIpc) is 3.41. The molecule has 13 heteroatoms. The van der Waals surface area contributed by atoms with Crippen LogP contribution >= 0.6 is 35.7 Å². The van der Waals surface area contributed by atoms with Gasteiger partial charge in [-0.1, -0.05) is 17.8 Å². The molecule has 0 bridgehead atoms. The van der Waals surface area contributed by atoms with Crippen LogP contribution in [0.25, 0.3) is 0 Å². The average molecular weight is 484 g/mol. The highest BCUT2D eigenvalue weighted by molar-refractivity contribution is 8.00. The normalized spacial score (nSPS) is 25.9. The first-order chi connectivity index (χ1) is 14.9. The quantitative estimate of drug-likeness (QED) is 0.222. The summed E-state index contributed by atoms with van der Waals surface area (Å²) >= 11 is 6.67. The second-order valence-electron chi connectivity index (χ2n) is 7.25. The number of β-lactam (4-membered cyclic amide) rings is 1. The fourth-order valence-corrected chi connectivity index (χ4v) is 6.01. The number of carbonyl (C=O) groups excluding carboxylic acids is 3. The fourth-order valence-electron chi connectivity index (χ4n) is 3.83. The van der Waals surface area contributed by atoms with E-state index < -0.39 is 22.4 Å². The number of thiazole rings is 1. The van der Waals surface area contributed by atoms with Gasteiger partial charge in [-0.25, -0.2) is 4.98 Å². The molecular formula is C18H21N5O5S3. The molecule has 2 saturated heterocycles. The molecule has 2 fully saturated rings. The molecule has 3 N–H and O–H groups in total. The number of hydrogen-bond acceptors (Lipinski definition) is 10. The van der Waals surface area contributed by atoms with Crippen molar-refractivity contribution in [3.05, 3.63) is 22.3 Å². The third-order valence-corrected chi connectivity index (χ3v) is 7.48. The van der Waals surface area contributed by atoms with E-state index in [9.17, 15) is 14.4 Å². The molecule has 0 spiro atoms. The number of oxime groups is 1. The van der Waals surface area contributed by atoms with E-state index in [2.05, 4.69) is 28.1 Å². The molecule has 3 aliphatic heterocycles. The van der Waals surface area contributed by atoms with Gasteiger partial charge in [0.2, 0.25) is 5.12 Å². The highest BCUT2D eigenvalue weighted by Gasteiger charge is 2.54. The van der Waals surface area contributed by atoms with Crippen LogP contribution in [0.1, 0.15) is 18.5 Å². The number of thioether (sulfide) groups is 1. The van der Waals surface area contributed by atoms with E-state index in [4.69, 9.17) is 15.3 Å². The first kappa shape index (κ1) is 22.1. The van der Waals surface area contributed by atoms with Gasteiger partial charge in [0.1, 0.15) is 24.2 Å². The molecular weight excluding hydrogens is 462 g/mol. The van der Waals surface area contributed by atoms with Gasteiger partial charge < -0.3 is 20.6 Å². The Labute approximate surface area is 192 Å². The molecule has 4 heterocycles. The number of thiol groups is 1. The molecule has 3 atom stereocenters. The van der Waals surface area contributed by atoms with Gasteiger partial charge >= 0.3 is 0 Å². The van der Waals surface area contributed by atoms with Crippen molar-refractivity contribution in [2.75, 3.05) is 31.8 Å². The van der Waals surface area contributed by atoms with Gasteiger partial charge in [0, 0.05) is 24.3 Å². The van der Waals surface area contributed by atoms with Crippen molar-refractivity contribution in [2.24, 2.45) is 11.1 Å². The van der Waals surface area contributed by atoms with Gasteiger partial charge in [0.15, 0.2) is 10.8 Å². The lowest BCUT2D eigenvalue weighted by Crippen LogP contribution is -2.70. The largest absolute Gasteiger partial charge is 0.398 e. The Kier molecular flexibility index (Phi) is 6.55. The Bertz CT molecular complexity index is 972. The van der Waals surface area contributed by atoms with Crippen LogP contribution in [0.15, 0.2) is 21.8 Å². The van der Waals surface area contributed by atoms with Crippen LogP contribution in [-0.2, 0) is 24.0 Å². The van der Waals surface area contributed by atoms with Gasteiger partial charge in [-0.2, -0.15) is 0 Å². The van der Waals surface area contributed by atoms with Crippen molar-refractivity contribution in [3.63, 3.8) is 0 Å². The van der Waals surface area contributed by atoms with Crippen LogP contribution in [0.3, 0.4) is 0 Å². The third-order valence-electron chi connectivity index (χ3n) is 5.26. The van der Waals surface area contributed by atoms with Crippen LogP contribution in [-0.4, -0.2) is 70.0 Å². The number of ether oxygens (including phenoxy) is 1. The molecule has 0 radical (unpaired) electrons. The molecule has 0 aliphatic carbocycles. The van der Waals surface area contributed by atoms with Gasteiger partial charge in [0.25, 0.3) is 11.8 Å². The first-order valence-electron chi connectivity index (χ1n) is 9.51. The molecule has 10 nitrogen and oxygen atoms in total. The van der Waals surface area contributed by atoms with Crippen molar-refractivity contribution >= 4 is 63.5 Å². The second-order valence-corrected chi connectivity index (χ2v) is 9.65. The van der Waals surface area contributed by atoms with E-state index in [0.29, 0.717) is 37.0 Å². The summed E-state index contributed by atoms with van der Waals surface area (Å²) in [5.41, 5.74) is 7.04. The van der Waals surface area contributed by atoms with Gasteiger partial charge in [-0.05, 0) is 24.3 Å². The van der Waals surface area contributed by atoms with E-state index >= 15 is 0 Å². The molecule has 2 amide bonds. The molecule has 1 aromatic heterocycles. The van der Waals surface area contributed by atoms with Crippen molar-refractivity contribution in [2.45, 2.75) is 24.3 Å². The summed E-state index contributed by atoms with van der Waals surface area (Å²) in [6, 6.07) is -0.797. The maximum atomic E-state index is 12.9. The summed E-state index contributed by atoms with van der Waals surface area (Å²) in [7, 11) is 1.31. The molecule has 0 aromatic carbocycles. The number of carbonyl (C=O) groups is 3. The molecule has 1 aromatic rings. The van der Waals surface area contributed by atoms with Crippen LogP contribution in [0.5, 0.6) is 0 Å². The molecule has 166 valence electrons. The van der Waals surface area contributed by atoms with E-state index in [-0.39, 0.29) is 22.4 Å². The number of nitrogen functional groups attached to an aromatic ring is 1. The Morgan fingerprint density at radius 3 is 2.94 bits per heavy atom. The highest BCUT2D eigenvalue weighted by Crippen LogP contribution is 2.43. The summed E-state index contributed by atoms with van der Waals surface area (Å²) < 4.78 is 5.42. The lowest BCUT2D eigenvalue weighted by atomic mass is 9.95. The maximum absolute atomic E-state index is 12.9. The summed E-state index contributed by atoms with van der Waals surface area (Å²) in [4.78, 5) is 48.2. The Morgan fingerprint density at radius 2 is 2.32 bits per heavy atom. The number of rotatable bonds is 7. The van der Waals surface area contributed by atoms with Gasteiger partial charge in [-0.3, -0.25) is 19.3 Å². The molecule has 4 rings (SSSR count). The number of aromatic nitrogens is 1. The van der Waals surface area contributed by atoms with Crippen molar-refractivity contribution in [1.82, 2.24) is 15.2 Å².